The Morgan fingerprint density at radius 2 is 0.824 bits per heavy atom. The van der Waals surface area contributed by atoms with Crippen LogP contribution in [0.5, 0.6) is 0 Å². The molecule has 0 rings (SSSR count). The number of carbonyl (C=O) groups is 1. The van der Waals surface area contributed by atoms with Gasteiger partial charge < -0.3 is 4.74 Å². The molecule has 2 nitrogen and oxygen atoms in total. The molecule has 0 saturated carbocycles. The maximum Gasteiger partial charge on any atom is 0.308 e. The molecule has 0 aromatic carbocycles. The van der Waals surface area contributed by atoms with Crippen molar-refractivity contribution >= 4 is 5.97 Å². The average Bonchev–Trinajstić information content (AvgIpc) is 2.84. The number of hydrogen-bond donors (Lipinski definition) is 0. The molecule has 2 unspecified atom stereocenters. The van der Waals surface area contributed by atoms with E-state index in [1.807, 2.05) is 6.92 Å². The van der Waals surface area contributed by atoms with Crippen LogP contribution in [0.2, 0.25) is 0 Å². The molecule has 0 fully saturated rings. The van der Waals surface area contributed by atoms with E-state index < -0.39 is 0 Å². The van der Waals surface area contributed by atoms with Crippen LogP contribution < -0.4 is 0 Å². The fraction of sp³-hybridized carbons (Fsp3) is 0.969. The van der Waals surface area contributed by atoms with Crippen molar-refractivity contribution in [2.75, 3.05) is 6.61 Å². The molecule has 0 aliphatic rings. The molecule has 2 atom stereocenters. The maximum absolute atomic E-state index is 12.5. The molecule has 0 radical (unpaired) electrons. The van der Waals surface area contributed by atoms with E-state index in [-0.39, 0.29) is 11.9 Å². The van der Waals surface area contributed by atoms with Crippen LogP contribution in [0.4, 0.5) is 0 Å². The van der Waals surface area contributed by atoms with Gasteiger partial charge in [0.15, 0.2) is 0 Å². The van der Waals surface area contributed by atoms with Crippen molar-refractivity contribution in [3.8, 4) is 0 Å². The smallest absolute Gasteiger partial charge is 0.308 e. The van der Waals surface area contributed by atoms with Crippen molar-refractivity contribution in [2.24, 2.45) is 11.8 Å². The minimum atomic E-state index is 0.0418. The summed E-state index contributed by atoms with van der Waals surface area (Å²) in [4.78, 5) is 12.5. The molecule has 0 saturated heterocycles. The highest BCUT2D eigenvalue weighted by Crippen LogP contribution is 2.21. The van der Waals surface area contributed by atoms with Gasteiger partial charge in [-0.2, -0.15) is 0 Å². The molecule has 0 spiro atoms. The zero-order valence-electron chi connectivity index (χ0n) is 24.1. The monoisotopic (exact) mass is 480 g/mol. The van der Waals surface area contributed by atoms with Gasteiger partial charge in [-0.05, 0) is 25.2 Å². The molecule has 204 valence electrons. The molecule has 0 N–H and O–H groups in total. The van der Waals surface area contributed by atoms with E-state index >= 15 is 0 Å². The Balaban J connectivity index is 4.10. The van der Waals surface area contributed by atoms with Crippen molar-refractivity contribution < 1.29 is 9.53 Å². The Labute approximate surface area is 215 Å². The van der Waals surface area contributed by atoms with Crippen LogP contribution in [-0.4, -0.2) is 12.6 Å². The normalized spacial score (nSPS) is 13.2. The molecule has 0 aromatic rings. The van der Waals surface area contributed by atoms with E-state index in [9.17, 15) is 4.79 Å². The Bertz CT molecular complexity index is 406. The van der Waals surface area contributed by atoms with E-state index in [1.54, 1.807) is 0 Å². The minimum Gasteiger partial charge on any atom is -0.465 e. The van der Waals surface area contributed by atoms with Gasteiger partial charge in [0.05, 0.1) is 12.5 Å². The SMILES string of the molecule is CCCCCCCCCCCCC(CCCCCCCCCC)COC(=O)C(C)CCCCC. The second-order valence-corrected chi connectivity index (χ2v) is 11.1. The summed E-state index contributed by atoms with van der Waals surface area (Å²) in [5, 5.41) is 0. The Morgan fingerprint density at radius 1 is 0.500 bits per heavy atom. The fourth-order valence-electron chi connectivity index (χ4n) is 4.96. The average molecular weight is 481 g/mol. The van der Waals surface area contributed by atoms with Crippen LogP contribution >= 0.6 is 0 Å². The van der Waals surface area contributed by atoms with Gasteiger partial charge in [0, 0.05) is 0 Å². The van der Waals surface area contributed by atoms with Crippen LogP contribution in [0.3, 0.4) is 0 Å². The largest absolute Gasteiger partial charge is 0.465 e. The predicted molar refractivity (Wildman–Crippen MR) is 151 cm³/mol. The standard InChI is InChI=1S/C32H64O2/c1-5-8-11-13-15-17-18-20-22-25-28-31(27-24-21-19-16-14-12-9-6-2)29-34-32(33)30(4)26-23-10-7-3/h30-31H,5-29H2,1-4H3. The lowest BCUT2D eigenvalue weighted by molar-refractivity contribution is -0.149. The number of rotatable bonds is 27. The summed E-state index contributed by atoms with van der Waals surface area (Å²) in [6, 6.07) is 0. The Morgan fingerprint density at radius 3 is 1.24 bits per heavy atom. The summed E-state index contributed by atoms with van der Waals surface area (Å²) in [6.45, 7) is 9.50. The summed E-state index contributed by atoms with van der Waals surface area (Å²) in [5.41, 5.74) is 0. The van der Waals surface area contributed by atoms with E-state index in [2.05, 4.69) is 20.8 Å². The lowest BCUT2D eigenvalue weighted by Crippen LogP contribution is -2.19. The molecule has 0 aliphatic heterocycles. The quantitative estimate of drug-likeness (QED) is 0.0862. The lowest BCUT2D eigenvalue weighted by Gasteiger charge is -2.19. The Hall–Kier alpha value is -0.530. The van der Waals surface area contributed by atoms with Crippen LogP contribution in [-0.2, 0) is 9.53 Å². The van der Waals surface area contributed by atoms with Gasteiger partial charge >= 0.3 is 5.97 Å². The summed E-state index contributed by atoms with van der Waals surface area (Å²) in [6.07, 6.45) is 31.9. The van der Waals surface area contributed by atoms with Crippen LogP contribution in [0, 0.1) is 11.8 Å². The summed E-state index contributed by atoms with van der Waals surface area (Å²) in [5.74, 6) is 0.675. The summed E-state index contributed by atoms with van der Waals surface area (Å²) < 4.78 is 5.82. The molecule has 0 aromatic heterocycles. The highest BCUT2D eigenvalue weighted by atomic mass is 16.5. The third kappa shape index (κ3) is 23.2. The number of hydrogen-bond acceptors (Lipinski definition) is 2. The lowest BCUT2D eigenvalue weighted by atomic mass is 9.94. The van der Waals surface area contributed by atoms with Crippen molar-refractivity contribution in [3.63, 3.8) is 0 Å². The third-order valence-corrected chi connectivity index (χ3v) is 7.54. The molecule has 0 aliphatic carbocycles. The van der Waals surface area contributed by atoms with Gasteiger partial charge in [-0.15, -0.1) is 0 Å². The highest BCUT2D eigenvalue weighted by molar-refractivity contribution is 5.71. The molecule has 2 heteroatoms. The number of carbonyl (C=O) groups excluding carboxylic acids is 1. The topological polar surface area (TPSA) is 26.3 Å². The van der Waals surface area contributed by atoms with Crippen molar-refractivity contribution in [2.45, 2.75) is 182 Å². The molecular weight excluding hydrogens is 416 g/mol. The maximum atomic E-state index is 12.5. The first-order chi connectivity index (χ1) is 16.7. The first-order valence-electron chi connectivity index (χ1n) is 15.8. The second kappa shape index (κ2) is 27.1. The molecular formula is C32H64O2. The number of esters is 1. The first kappa shape index (κ1) is 33.5. The first-order valence-corrected chi connectivity index (χ1v) is 15.8. The van der Waals surface area contributed by atoms with Crippen LogP contribution in [0.25, 0.3) is 0 Å². The predicted octanol–water partition coefficient (Wildman–Crippen LogP) is 11.2. The van der Waals surface area contributed by atoms with Gasteiger partial charge in [-0.3, -0.25) is 4.79 Å². The fourth-order valence-corrected chi connectivity index (χ4v) is 4.96. The van der Waals surface area contributed by atoms with E-state index in [4.69, 9.17) is 4.74 Å². The zero-order chi connectivity index (χ0) is 25.1. The summed E-state index contributed by atoms with van der Waals surface area (Å²) >= 11 is 0. The molecule has 0 bridgehead atoms. The van der Waals surface area contributed by atoms with Crippen molar-refractivity contribution in [1.29, 1.82) is 0 Å². The highest BCUT2D eigenvalue weighted by Gasteiger charge is 2.17. The Kier molecular flexibility index (Phi) is 26.6. The zero-order valence-corrected chi connectivity index (χ0v) is 24.1. The molecule has 0 amide bonds. The minimum absolute atomic E-state index is 0.0418. The molecule has 0 heterocycles. The van der Waals surface area contributed by atoms with Gasteiger partial charge in [0.2, 0.25) is 0 Å². The third-order valence-electron chi connectivity index (χ3n) is 7.54. The van der Waals surface area contributed by atoms with E-state index in [0.29, 0.717) is 12.5 Å². The van der Waals surface area contributed by atoms with Gasteiger partial charge in [0.1, 0.15) is 0 Å². The van der Waals surface area contributed by atoms with Gasteiger partial charge in [0.25, 0.3) is 0 Å². The number of unbranched alkanes of at least 4 members (excludes halogenated alkanes) is 18. The van der Waals surface area contributed by atoms with Crippen molar-refractivity contribution in [1.82, 2.24) is 0 Å². The second-order valence-electron chi connectivity index (χ2n) is 11.1. The van der Waals surface area contributed by atoms with Crippen molar-refractivity contribution in [3.05, 3.63) is 0 Å². The summed E-state index contributed by atoms with van der Waals surface area (Å²) in [7, 11) is 0. The number of ether oxygens (including phenoxy) is 1. The van der Waals surface area contributed by atoms with Crippen LogP contribution in [0.15, 0.2) is 0 Å². The van der Waals surface area contributed by atoms with E-state index in [1.165, 1.54) is 141 Å². The van der Waals surface area contributed by atoms with Gasteiger partial charge in [-0.1, -0.05) is 163 Å². The van der Waals surface area contributed by atoms with Gasteiger partial charge in [-0.25, -0.2) is 0 Å². The van der Waals surface area contributed by atoms with E-state index in [0.717, 1.165) is 12.8 Å². The van der Waals surface area contributed by atoms with Crippen LogP contribution in [0.1, 0.15) is 182 Å². The molecule has 34 heavy (non-hydrogen) atoms.